The molecule has 0 aliphatic rings. The summed E-state index contributed by atoms with van der Waals surface area (Å²) in [5.41, 5.74) is 1.19. The van der Waals surface area contributed by atoms with Gasteiger partial charge in [-0.05, 0) is 26.5 Å². The van der Waals surface area contributed by atoms with Crippen LogP contribution < -0.4 is 0 Å². The van der Waals surface area contributed by atoms with Crippen LogP contribution in [0.2, 0.25) is 12.6 Å². The Morgan fingerprint density at radius 2 is 1.75 bits per heavy atom. The molecule has 0 aromatic rings. The Morgan fingerprint density at radius 1 is 1.33 bits per heavy atom. The van der Waals surface area contributed by atoms with Gasteiger partial charge in [-0.3, -0.25) is 0 Å². The van der Waals surface area contributed by atoms with Crippen molar-refractivity contribution in [2.75, 3.05) is 0 Å². The molecule has 0 N–H and O–H groups in total. The Balaban J connectivity index is 4.36. The van der Waals surface area contributed by atoms with E-state index < -0.39 is 0 Å². The predicted molar refractivity (Wildman–Crippen MR) is 58.5 cm³/mol. The topological polar surface area (TPSA) is 3.24 Å². The maximum Gasteiger partial charge on any atom is 0.253 e. The van der Waals surface area contributed by atoms with Gasteiger partial charge in [-0.1, -0.05) is 33.1 Å². The van der Waals surface area contributed by atoms with Gasteiger partial charge in [0.2, 0.25) is 0 Å². The summed E-state index contributed by atoms with van der Waals surface area (Å²) in [5, 5.41) is 0. The summed E-state index contributed by atoms with van der Waals surface area (Å²) in [7, 11) is 0. The van der Waals surface area contributed by atoms with Crippen LogP contribution in [-0.4, -0.2) is 17.7 Å². The van der Waals surface area contributed by atoms with Gasteiger partial charge >= 0.3 is 0 Å². The first-order valence-corrected chi connectivity index (χ1v) is 4.98. The lowest BCUT2D eigenvalue weighted by Crippen LogP contribution is -2.41. The van der Waals surface area contributed by atoms with E-state index in [0.29, 0.717) is 12.9 Å². The summed E-state index contributed by atoms with van der Waals surface area (Å²) >= 11 is 0. The lowest BCUT2D eigenvalue weighted by molar-refractivity contribution is 0.437. The summed E-state index contributed by atoms with van der Waals surface area (Å²) in [4.78, 5) is 2.42. The van der Waals surface area contributed by atoms with Crippen LogP contribution in [0, 0.1) is 0 Å². The first-order valence-electron chi connectivity index (χ1n) is 4.98. The third kappa shape index (κ3) is 2.92. The van der Waals surface area contributed by atoms with E-state index >= 15 is 0 Å². The number of allylic oxidation sites excluding steroid dienone is 1. The second-order valence-electron chi connectivity index (χ2n) is 3.71. The second kappa shape index (κ2) is 5.29. The minimum absolute atomic E-state index is 0.576. The van der Waals surface area contributed by atoms with Crippen molar-refractivity contribution < 1.29 is 0 Å². The molecule has 0 fully saturated rings. The quantitative estimate of drug-likeness (QED) is 0.568. The van der Waals surface area contributed by atoms with Gasteiger partial charge in [-0.15, -0.1) is 0 Å². The number of nitrogens with zero attached hydrogens (tertiary/aromatic N) is 1. The first kappa shape index (κ1) is 11.6. The number of rotatable bonds is 5. The molecule has 0 spiro atoms. The molecule has 70 valence electrons. The van der Waals surface area contributed by atoms with E-state index in [0.717, 1.165) is 0 Å². The zero-order chi connectivity index (χ0) is 9.72. The third-order valence-electron chi connectivity index (χ3n) is 2.33. The molecule has 0 amide bonds. The van der Waals surface area contributed by atoms with Crippen LogP contribution in [0.1, 0.15) is 34.6 Å². The second-order valence-corrected chi connectivity index (χ2v) is 3.71. The van der Waals surface area contributed by atoms with E-state index in [-0.39, 0.29) is 0 Å². The largest absolute Gasteiger partial charge is 0.417 e. The maximum atomic E-state index is 4.02. The molecular weight excluding hydrogens is 145 g/mol. The van der Waals surface area contributed by atoms with Gasteiger partial charge in [0.1, 0.15) is 0 Å². The normalized spacial score (nSPS) is 10.2. The van der Waals surface area contributed by atoms with Gasteiger partial charge in [0.25, 0.3) is 6.85 Å². The van der Waals surface area contributed by atoms with Crippen LogP contribution in [-0.2, 0) is 0 Å². The van der Waals surface area contributed by atoms with Crippen molar-refractivity contribution in [1.82, 2.24) is 4.81 Å². The number of hydrogen-bond acceptors (Lipinski definition) is 1. The van der Waals surface area contributed by atoms with Crippen molar-refractivity contribution in [3.8, 4) is 0 Å². The SMILES string of the molecule is C=C(C)N(B(CC)CC)C(C)C. The molecular formula is C10H22BN. The molecule has 0 saturated carbocycles. The van der Waals surface area contributed by atoms with Crippen molar-refractivity contribution in [1.29, 1.82) is 0 Å². The van der Waals surface area contributed by atoms with Crippen molar-refractivity contribution >= 4 is 6.85 Å². The molecule has 0 heterocycles. The van der Waals surface area contributed by atoms with E-state index in [2.05, 4.69) is 46.0 Å². The van der Waals surface area contributed by atoms with E-state index in [4.69, 9.17) is 0 Å². The molecule has 0 radical (unpaired) electrons. The fraction of sp³-hybridized carbons (Fsp3) is 0.800. The van der Waals surface area contributed by atoms with E-state index in [9.17, 15) is 0 Å². The Bertz CT molecular complexity index is 139. The fourth-order valence-electron chi connectivity index (χ4n) is 1.86. The molecule has 0 aliphatic carbocycles. The van der Waals surface area contributed by atoms with Crippen LogP contribution in [0.4, 0.5) is 0 Å². The molecule has 0 bridgehead atoms. The highest BCUT2D eigenvalue weighted by atomic mass is 15.1. The van der Waals surface area contributed by atoms with Gasteiger partial charge < -0.3 is 4.81 Å². The van der Waals surface area contributed by atoms with Gasteiger partial charge in [-0.2, -0.15) is 0 Å². The molecule has 0 aromatic carbocycles. The number of hydrogen-bond donors (Lipinski definition) is 0. The molecule has 0 atom stereocenters. The van der Waals surface area contributed by atoms with E-state index in [1.807, 2.05) is 0 Å². The van der Waals surface area contributed by atoms with Crippen LogP contribution in [0.15, 0.2) is 12.3 Å². The lowest BCUT2D eigenvalue weighted by atomic mass is 9.54. The van der Waals surface area contributed by atoms with Crippen LogP contribution >= 0.6 is 0 Å². The third-order valence-corrected chi connectivity index (χ3v) is 2.33. The summed E-state index contributed by atoms with van der Waals surface area (Å²) in [6.45, 7) is 15.7. The molecule has 2 heteroatoms. The molecule has 12 heavy (non-hydrogen) atoms. The minimum atomic E-state index is 0.576. The summed E-state index contributed by atoms with van der Waals surface area (Å²) in [6, 6.07) is 0.576. The van der Waals surface area contributed by atoms with Crippen molar-refractivity contribution in [3.63, 3.8) is 0 Å². The molecule has 0 saturated heterocycles. The maximum absolute atomic E-state index is 4.02. The van der Waals surface area contributed by atoms with E-state index in [1.165, 1.54) is 18.3 Å². The van der Waals surface area contributed by atoms with Gasteiger partial charge in [0.05, 0.1) is 0 Å². The highest BCUT2D eigenvalue weighted by Gasteiger charge is 2.20. The molecule has 0 aromatic heterocycles. The zero-order valence-electron chi connectivity index (χ0n) is 9.22. The lowest BCUT2D eigenvalue weighted by Gasteiger charge is -2.34. The smallest absolute Gasteiger partial charge is 0.253 e. The van der Waals surface area contributed by atoms with Crippen LogP contribution in [0.3, 0.4) is 0 Å². The molecule has 0 unspecified atom stereocenters. The Kier molecular flexibility index (Phi) is 5.11. The average Bonchev–Trinajstić information content (AvgIpc) is 1.98. The summed E-state index contributed by atoms with van der Waals surface area (Å²) in [6.07, 6.45) is 2.42. The predicted octanol–water partition coefficient (Wildman–Crippen LogP) is 3.26. The zero-order valence-corrected chi connectivity index (χ0v) is 9.22. The van der Waals surface area contributed by atoms with Gasteiger partial charge in [-0.25, -0.2) is 0 Å². The molecule has 0 rings (SSSR count). The molecule has 0 aliphatic heterocycles. The standard InChI is InChI=1S/C10H22BN/c1-7-11(8-2)12(9(3)4)10(5)6/h10H,3,7-8H2,1-2,4-6H3. The Hall–Kier alpha value is -0.395. The fourth-order valence-corrected chi connectivity index (χ4v) is 1.86. The highest BCUT2D eigenvalue weighted by Crippen LogP contribution is 2.15. The van der Waals surface area contributed by atoms with E-state index in [1.54, 1.807) is 0 Å². The first-order chi connectivity index (χ1) is 5.54. The average molecular weight is 167 g/mol. The van der Waals surface area contributed by atoms with Crippen molar-refractivity contribution in [2.45, 2.75) is 53.3 Å². The minimum Gasteiger partial charge on any atom is -0.417 e. The van der Waals surface area contributed by atoms with Crippen LogP contribution in [0.25, 0.3) is 0 Å². The summed E-state index contributed by atoms with van der Waals surface area (Å²) in [5.74, 6) is 0. The van der Waals surface area contributed by atoms with Crippen molar-refractivity contribution in [2.24, 2.45) is 0 Å². The van der Waals surface area contributed by atoms with Crippen LogP contribution in [0.5, 0.6) is 0 Å². The van der Waals surface area contributed by atoms with Crippen molar-refractivity contribution in [3.05, 3.63) is 12.3 Å². The highest BCUT2D eigenvalue weighted by molar-refractivity contribution is 6.56. The monoisotopic (exact) mass is 167 g/mol. The molecule has 1 nitrogen and oxygen atoms in total. The van der Waals surface area contributed by atoms with Gasteiger partial charge in [0.15, 0.2) is 0 Å². The Labute approximate surface area is 77.9 Å². The Morgan fingerprint density at radius 3 is 1.83 bits per heavy atom. The summed E-state index contributed by atoms with van der Waals surface area (Å²) < 4.78 is 0. The van der Waals surface area contributed by atoms with Gasteiger partial charge in [0, 0.05) is 6.04 Å².